The molecule has 1 aromatic heterocycles. The van der Waals surface area contributed by atoms with Crippen LogP contribution in [0.5, 0.6) is 5.75 Å². The summed E-state index contributed by atoms with van der Waals surface area (Å²) in [4.78, 5) is 41.4. The van der Waals surface area contributed by atoms with Gasteiger partial charge in [0.15, 0.2) is 0 Å². The number of phenolic OH excluding ortho intramolecular Hbond substituents is 1. The highest BCUT2D eigenvalue weighted by Crippen LogP contribution is 2.54. The third kappa shape index (κ3) is 3.59. The van der Waals surface area contributed by atoms with E-state index in [4.69, 9.17) is 9.90 Å². The first-order valence-electron chi connectivity index (χ1n) is 10.4. The van der Waals surface area contributed by atoms with Crippen molar-refractivity contribution in [3.63, 3.8) is 0 Å². The fourth-order valence-electron chi connectivity index (χ4n) is 4.95. The van der Waals surface area contributed by atoms with Gasteiger partial charge in [-0.05, 0) is 60.4 Å². The van der Waals surface area contributed by atoms with Gasteiger partial charge in [-0.25, -0.2) is 0 Å². The van der Waals surface area contributed by atoms with E-state index >= 15 is 0 Å². The van der Waals surface area contributed by atoms with Gasteiger partial charge in [-0.2, -0.15) is 0 Å². The molecule has 2 amide bonds. The third-order valence-electron chi connectivity index (χ3n) is 6.29. The molecule has 0 saturated carbocycles. The molecule has 3 aromatic rings. The molecule has 0 bridgehead atoms. The number of nitrogens with one attached hydrogen (secondary N) is 1. The fraction of sp³-hybridized carbons (Fsp3) is 0.200. The first kappa shape index (κ1) is 22.0. The van der Waals surface area contributed by atoms with E-state index in [2.05, 4.69) is 10.3 Å². The number of rotatable bonds is 2. The number of nitrogens with zero attached hydrogens (tertiary/aromatic N) is 2. The number of pyridine rings is 1. The van der Waals surface area contributed by atoms with Crippen molar-refractivity contribution in [2.45, 2.75) is 24.8 Å². The van der Waals surface area contributed by atoms with Crippen LogP contribution < -0.4 is 5.32 Å². The second-order valence-corrected chi connectivity index (χ2v) is 8.01. The highest BCUT2D eigenvalue weighted by molar-refractivity contribution is 6.08. The van der Waals surface area contributed by atoms with Crippen molar-refractivity contribution in [1.29, 1.82) is 0 Å². The summed E-state index contributed by atoms with van der Waals surface area (Å²) in [6.45, 7) is 2.00. The molecule has 3 N–H and O–H groups in total. The molecule has 8 heteroatoms. The molecule has 5 rings (SSSR count). The van der Waals surface area contributed by atoms with Crippen LogP contribution in [0, 0.1) is 6.92 Å². The van der Waals surface area contributed by atoms with Crippen molar-refractivity contribution in [1.82, 2.24) is 9.88 Å². The predicted molar refractivity (Wildman–Crippen MR) is 121 cm³/mol. The SMILES string of the molecule is Cc1cc(O)ccc1C(=O)N1CCC2(C(=O)Nc3ccccc32)C1c1cccnc1.O=CO. The molecular weight excluding hydrogens is 422 g/mol. The topological polar surface area (TPSA) is 120 Å². The maximum Gasteiger partial charge on any atom is 0.290 e. The Morgan fingerprint density at radius 3 is 2.67 bits per heavy atom. The minimum atomic E-state index is -0.861. The average Bonchev–Trinajstić information content (AvgIpc) is 3.34. The summed E-state index contributed by atoms with van der Waals surface area (Å²) in [7, 11) is 0. The summed E-state index contributed by atoms with van der Waals surface area (Å²) in [5.41, 5.74) is 2.90. The predicted octanol–water partition coefficient (Wildman–Crippen LogP) is 3.27. The lowest BCUT2D eigenvalue weighted by Gasteiger charge is -2.34. The zero-order valence-corrected chi connectivity index (χ0v) is 17.9. The van der Waals surface area contributed by atoms with Crippen molar-refractivity contribution in [2.75, 3.05) is 11.9 Å². The summed E-state index contributed by atoms with van der Waals surface area (Å²) < 4.78 is 0. The van der Waals surface area contributed by atoms with Crippen molar-refractivity contribution in [3.05, 3.63) is 89.2 Å². The molecule has 3 heterocycles. The van der Waals surface area contributed by atoms with Gasteiger partial charge in [-0.3, -0.25) is 19.4 Å². The normalized spacial score (nSPS) is 20.6. The Balaban J connectivity index is 0.000000821. The lowest BCUT2D eigenvalue weighted by Crippen LogP contribution is -2.42. The van der Waals surface area contributed by atoms with Gasteiger partial charge in [0.25, 0.3) is 12.4 Å². The molecule has 33 heavy (non-hydrogen) atoms. The molecule has 168 valence electrons. The number of benzene rings is 2. The number of fused-ring (bicyclic) bond motifs is 2. The molecule has 2 atom stereocenters. The van der Waals surface area contributed by atoms with Crippen LogP contribution in [0.15, 0.2) is 67.0 Å². The molecule has 2 unspecified atom stereocenters. The summed E-state index contributed by atoms with van der Waals surface area (Å²) in [6.07, 6.45) is 3.94. The van der Waals surface area contributed by atoms with E-state index in [0.717, 1.165) is 16.8 Å². The van der Waals surface area contributed by atoms with Crippen LogP contribution in [-0.2, 0) is 15.0 Å². The van der Waals surface area contributed by atoms with Crippen LogP contribution in [0.2, 0.25) is 0 Å². The molecule has 2 aromatic carbocycles. The van der Waals surface area contributed by atoms with Gasteiger partial charge in [-0.15, -0.1) is 0 Å². The molecule has 1 spiro atoms. The van der Waals surface area contributed by atoms with Gasteiger partial charge in [0.2, 0.25) is 5.91 Å². The van der Waals surface area contributed by atoms with Gasteiger partial charge in [0.05, 0.1) is 6.04 Å². The molecule has 1 fully saturated rings. The van der Waals surface area contributed by atoms with E-state index in [9.17, 15) is 14.7 Å². The van der Waals surface area contributed by atoms with E-state index in [1.807, 2.05) is 36.4 Å². The second kappa shape index (κ2) is 8.74. The molecule has 0 aliphatic carbocycles. The molecule has 8 nitrogen and oxygen atoms in total. The summed E-state index contributed by atoms with van der Waals surface area (Å²) in [6, 6.07) is 15.7. The lowest BCUT2D eigenvalue weighted by molar-refractivity contribution is -0.123. The van der Waals surface area contributed by atoms with Crippen LogP contribution in [0.3, 0.4) is 0 Å². The number of aryl methyl sites for hydroxylation is 1. The lowest BCUT2D eigenvalue weighted by atomic mass is 9.73. The standard InChI is InChI=1S/C24H21N3O3.CH2O2/c1-15-13-17(28)8-9-18(15)22(29)27-12-10-24(21(27)16-5-4-11-25-14-16)19-6-2-3-7-20(19)26-23(24)30;2-1-3/h2-9,11,13-14,21,28H,10,12H2,1H3,(H,26,30);1H,(H,2,3). The largest absolute Gasteiger partial charge is 0.508 e. The van der Waals surface area contributed by atoms with Crippen LogP contribution >= 0.6 is 0 Å². The van der Waals surface area contributed by atoms with Crippen LogP contribution in [-0.4, -0.2) is 44.9 Å². The Bertz CT molecular complexity index is 1210. The Hall–Kier alpha value is -4.20. The van der Waals surface area contributed by atoms with E-state index in [0.29, 0.717) is 24.1 Å². The Morgan fingerprint density at radius 2 is 1.97 bits per heavy atom. The Labute approximate surface area is 190 Å². The Kier molecular flexibility index (Phi) is 5.83. The average molecular weight is 445 g/mol. The number of aromatic hydroxyl groups is 1. The van der Waals surface area contributed by atoms with Crippen molar-refractivity contribution in [2.24, 2.45) is 0 Å². The van der Waals surface area contributed by atoms with E-state index < -0.39 is 11.5 Å². The first-order valence-corrected chi connectivity index (χ1v) is 10.4. The van der Waals surface area contributed by atoms with E-state index in [-0.39, 0.29) is 24.0 Å². The molecule has 1 saturated heterocycles. The fourth-order valence-corrected chi connectivity index (χ4v) is 4.95. The summed E-state index contributed by atoms with van der Waals surface area (Å²) in [5, 5.41) is 19.6. The number of phenols is 1. The summed E-state index contributed by atoms with van der Waals surface area (Å²) >= 11 is 0. The number of aromatic nitrogens is 1. The third-order valence-corrected chi connectivity index (χ3v) is 6.29. The van der Waals surface area contributed by atoms with Crippen LogP contribution in [0.1, 0.15) is 39.5 Å². The maximum absolute atomic E-state index is 13.6. The number of amides is 2. The number of carbonyl (C=O) groups excluding carboxylic acids is 2. The maximum atomic E-state index is 13.6. The van der Waals surface area contributed by atoms with Crippen LogP contribution in [0.4, 0.5) is 5.69 Å². The van der Waals surface area contributed by atoms with Crippen LogP contribution in [0.25, 0.3) is 0 Å². The van der Waals surface area contributed by atoms with Crippen molar-refractivity contribution in [3.8, 4) is 5.75 Å². The second-order valence-electron chi connectivity index (χ2n) is 8.01. The summed E-state index contributed by atoms with van der Waals surface area (Å²) in [5.74, 6) is -0.125. The minimum absolute atomic E-state index is 0.0877. The number of carbonyl (C=O) groups is 3. The molecular formula is C25H23N3O5. The molecule has 2 aliphatic rings. The number of likely N-dealkylation sites (tertiary alicyclic amines) is 1. The highest BCUT2D eigenvalue weighted by Gasteiger charge is 2.59. The van der Waals surface area contributed by atoms with Gasteiger partial charge < -0.3 is 20.4 Å². The molecule has 2 aliphatic heterocycles. The minimum Gasteiger partial charge on any atom is -0.508 e. The smallest absolute Gasteiger partial charge is 0.290 e. The van der Waals surface area contributed by atoms with E-state index in [1.54, 1.807) is 36.4 Å². The zero-order chi connectivity index (χ0) is 23.6. The van der Waals surface area contributed by atoms with E-state index in [1.165, 1.54) is 6.07 Å². The van der Waals surface area contributed by atoms with Gasteiger partial charge in [0, 0.05) is 30.2 Å². The van der Waals surface area contributed by atoms with Gasteiger partial charge in [0.1, 0.15) is 11.2 Å². The number of carboxylic acid groups (broad SMARTS) is 1. The van der Waals surface area contributed by atoms with Gasteiger partial charge in [-0.1, -0.05) is 24.3 Å². The monoisotopic (exact) mass is 445 g/mol. The number of hydrogen-bond acceptors (Lipinski definition) is 5. The van der Waals surface area contributed by atoms with Crippen molar-refractivity contribution < 1.29 is 24.6 Å². The number of hydrogen-bond donors (Lipinski definition) is 3. The van der Waals surface area contributed by atoms with Gasteiger partial charge >= 0.3 is 0 Å². The molecule has 0 radical (unpaired) electrons. The van der Waals surface area contributed by atoms with Crippen molar-refractivity contribution >= 4 is 24.0 Å². The first-order chi connectivity index (χ1) is 15.9. The Morgan fingerprint density at radius 1 is 1.21 bits per heavy atom. The number of anilines is 1. The quantitative estimate of drug-likeness (QED) is 0.521. The number of para-hydroxylation sites is 1. The highest BCUT2D eigenvalue weighted by atomic mass is 16.3. The zero-order valence-electron chi connectivity index (χ0n) is 17.9.